The molecule has 3 aromatic rings. The predicted octanol–water partition coefficient (Wildman–Crippen LogP) is 6.66. The molecule has 2 aromatic heterocycles. The van der Waals surface area contributed by atoms with Gasteiger partial charge in [-0.1, -0.05) is 63.2 Å². The molecule has 0 saturated heterocycles. The van der Waals surface area contributed by atoms with Crippen molar-refractivity contribution in [1.29, 1.82) is 0 Å². The van der Waals surface area contributed by atoms with Gasteiger partial charge in [-0.2, -0.15) is 0 Å². The van der Waals surface area contributed by atoms with E-state index in [2.05, 4.69) is 23.6 Å². The summed E-state index contributed by atoms with van der Waals surface area (Å²) in [5.74, 6) is -0.586. The molecule has 0 fully saturated rings. The van der Waals surface area contributed by atoms with Gasteiger partial charge < -0.3 is 5.11 Å². The van der Waals surface area contributed by atoms with Crippen molar-refractivity contribution in [2.24, 2.45) is 11.3 Å². The number of carbonyl (C=O) groups excluding carboxylic acids is 1. The van der Waals surface area contributed by atoms with Crippen molar-refractivity contribution >= 4 is 34.0 Å². The fourth-order valence-electron chi connectivity index (χ4n) is 4.36. The Balaban J connectivity index is 1.92. The van der Waals surface area contributed by atoms with Crippen LogP contribution in [0.25, 0.3) is 5.57 Å². The highest BCUT2D eigenvalue weighted by molar-refractivity contribution is 7.12. The van der Waals surface area contributed by atoms with Crippen LogP contribution in [0.5, 0.6) is 0 Å². The number of hydrogen-bond donors (Lipinski definition) is 1. The summed E-state index contributed by atoms with van der Waals surface area (Å²) in [6.07, 6.45) is 2.72. The Kier molecular flexibility index (Phi) is 5.36. The molecular weight excluding hydrogens is 396 g/mol. The first-order valence-electron chi connectivity index (χ1n) is 9.92. The summed E-state index contributed by atoms with van der Waals surface area (Å²) >= 11 is 3.14. The van der Waals surface area contributed by atoms with E-state index in [0.717, 1.165) is 22.4 Å². The highest BCUT2D eigenvalue weighted by atomic mass is 32.1. The molecule has 2 heterocycles. The minimum Gasteiger partial charge on any atom is -0.384 e. The van der Waals surface area contributed by atoms with Crippen molar-refractivity contribution < 1.29 is 9.90 Å². The molecule has 0 aliphatic heterocycles. The zero-order chi connectivity index (χ0) is 20.6. The lowest BCUT2D eigenvalue weighted by atomic mass is 9.57. The molecule has 150 valence electrons. The molecule has 1 aliphatic rings. The number of Topliss-reactive ketones (excluding diaryl/α,β-unsaturated/α-hetero) is 1. The Labute approximate surface area is 180 Å². The number of ketones is 1. The lowest BCUT2D eigenvalue weighted by Crippen LogP contribution is -2.54. The van der Waals surface area contributed by atoms with Crippen LogP contribution in [0.4, 0.5) is 0 Å². The first-order valence-corrected chi connectivity index (χ1v) is 11.7. The molecule has 0 amide bonds. The Morgan fingerprint density at radius 3 is 2.28 bits per heavy atom. The van der Waals surface area contributed by atoms with E-state index in [-0.39, 0.29) is 11.7 Å². The zero-order valence-electron chi connectivity index (χ0n) is 17.0. The highest BCUT2D eigenvalue weighted by Crippen LogP contribution is 2.53. The van der Waals surface area contributed by atoms with E-state index in [4.69, 9.17) is 0 Å². The van der Waals surface area contributed by atoms with Crippen molar-refractivity contribution in [2.45, 2.75) is 38.7 Å². The largest absolute Gasteiger partial charge is 0.384 e. The van der Waals surface area contributed by atoms with Gasteiger partial charge in [-0.05, 0) is 51.9 Å². The minimum atomic E-state index is -1.26. The van der Waals surface area contributed by atoms with Gasteiger partial charge in [-0.3, -0.25) is 4.79 Å². The Hall–Kier alpha value is -2.01. The van der Waals surface area contributed by atoms with Gasteiger partial charge in [0.2, 0.25) is 0 Å². The third-order valence-electron chi connectivity index (χ3n) is 6.02. The molecule has 29 heavy (non-hydrogen) atoms. The summed E-state index contributed by atoms with van der Waals surface area (Å²) in [5, 5.41) is 16.1. The van der Waals surface area contributed by atoms with Crippen molar-refractivity contribution in [3.05, 3.63) is 86.8 Å². The quantitative estimate of drug-likeness (QED) is 0.478. The summed E-state index contributed by atoms with van der Waals surface area (Å²) in [6, 6.07) is 18.1. The Morgan fingerprint density at radius 1 is 1.00 bits per heavy atom. The molecule has 4 heteroatoms. The normalized spacial score (nSPS) is 24.9. The van der Waals surface area contributed by atoms with Gasteiger partial charge in [0.05, 0.1) is 16.4 Å². The van der Waals surface area contributed by atoms with E-state index in [1.807, 2.05) is 68.6 Å². The Bertz CT molecular complexity index is 995. The average Bonchev–Trinajstić information content (AvgIpc) is 3.40. The topological polar surface area (TPSA) is 37.3 Å². The van der Waals surface area contributed by atoms with Crippen molar-refractivity contribution in [1.82, 2.24) is 0 Å². The number of hydrogen-bond acceptors (Lipinski definition) is 4. The van der Waals surface area contributed by atoms with Crippen LogP contribution in [0.3, 0.4) is 0 Å². The van der Waals surface area contributed by atoms with Crippen molar-refractivity contribution in [3.63, 3.8) is 0 Å². The smallest absolute Gasteiger partial charge is 0.179 e. The molecule has 1 N–H and O–H groups in total. The predicted molar refractivity (Wildman–Crippen MR) is 123 cm³/mol. The van der Waals surface area contributed by atoms with Crippen LogP contribution < -0.4 is 0 Å². The second-order valence-electron chi connectivity index (χ2n) is 8.76. The third kappa shape index (κ3) is 3.65. The fraction of sp³-hybridized carbons (Fsp3) is 0.320. The second kappa shape index (κ2) is 7.67. The Morgan fingerprint density at radius 2 is 1.69 bits per heavy atom. The van der Waals surface area contributed by atoms with Crippen LogP contribution in [-0.2, 0) is 0 Å². The first kappa shape index (κ1) is 20.3. The summed E-state index contributed by atoms with van der Waals surface area (Å²) in [6.45, 7) is 6.08. The first-order chi connectivity index (χ1) is 13.8. The van der Waals surface area contributed by atoms with Gasteiger partial charge >= 0.3 is 0 Å². The third-order valence-corrected chi connectivity index (χ3v) is 7.85. The van der Waals surface area contributed by atoms with E-state index in [1.54, 1.807) is 11.3 Å². The lowest BCUT2D eigenvalue weighted by molar-refractivity contribution is -0.0626. The fourth-order valence-corrected chi connectivity index (χ4v) is 5.82. The monoisotopic (exact) mass is 422 g/mol. The molecule has 1 aromatic carbocycles. The van der Waals surface area contributed by atoms with Crippen LogP contribution in [-0.4, -0.2) is 16.5 Å². The van der Waals surface area contributed by atoms with Gasteiger partial charge in [0, 0.05) is 10.8 Å². The van der Waals surface area contributed by atoms with Crippen LogP contribution in [0.2, 0.25) is 0 Å². The lowest BCUT2D eigenvalue weighted by Gasteiger charge is -2.49. The van der Waals surface area contributed by atoms with Gasteiger partial charge in [0.25, 0.3) is 0 Å². The number of allylic oxidation sites excluding steroid dienone is 1. The highest BCUT2D eigenvalue weighted by Gasteiger charge is 2.54. The van der Waals surface area contributed by atoms with Gasteiger partial charge in [0.1, 0.15) is 0 Å². The summed E-state index contributed by atoms with van der Waals surface area (Å²) in [5.41, 5.74) is 0.473. The molecule has 2 nitrogen and oxygen atoms in total. The standard InChI is InChI=1S/C25H26O2S2/c1-24(2,3)25(27)16-18(20-11-7-13-28-20)15-19(17-9-5-4-6-10-17)22(25)23(26)21-12-8-14-29-21/h4-14,16,19,22,27H,15H2,1-3H3. The maximum Gasteiger partial charge on any atom is 0.179 e. The van der Waals surface area contributed by atoms with E-state index >= 15 is 0 Å². The summed E-state index contributed by atoms with van der Waals surface area (Å²) < 4.78 is 0. The molecule has 3 unspecified atom stereocenters. The van der Waals surface area contributed by atoms with E-state index in [9.17, 15) is 9.90 Å². The van der Waals surface area contributed by atoms with Gasteiger partial charge in [0.15, 0.2) is 5.78 Å². The van der Waals surface area contributed by atoms with Crippen LogP contribution in [0.15, 0.2) is 71.4 Å². The molecule has 0 spiro atoms. The molecule has 0 radical (unpaired) electrons. The average molecular weight is 423 g/mol. The SMILES string of the molecule is CC(C)(C)C1(O)C=C(c2cccs2)CC(c2ccccc2)C1C(=O)c1cccs1. The molecule has 0 bridgehead atoms. The number of rotatable bonds is 4. The summed E-state index contributed by atoms with van der Waals surface area (Å²) in [4.78, 5) is 15.6. The van der Waals surface area contributed by atoms with E-state index in [1.165, 1.54) is 11.3 Å². The van der Waals surface area contributed by atoms with Crippen molar-refractivity contribution in [2.75, 3.05) is 0 Å². The maximum atomic E-state index is 13.7. The number of aliphatic hydroxyl groups is 1. The second-order valence-corrected chi connectivity index (χ2v) is 10.7. The van der Waals surface area contributed by atoms with Crippen LogP contribution >= 0.6 is 22.7 Å². The number of carbonyl (C=O) groups is 1. The molecule has 1 aliphatic carbocycles. The van der Waals surface area contributed by atoms with Crippen molar-refractivity contribution in [3.8, 4) is 0 Å². The maximum absolute atomic E-state index is 13.7. The van der Waals surface area contributed by atoms with Gasteiger partial charge in [-0.15, -0.1) is 22.7 Å². The molecule has 4 rings (SSSR count). The van der Waals surface area contributed by atoms with Gasteiger partial charge in [-0.25, -0.2) is 0 Å². The van der Waals surface area contributed by atoms with E-state index < -0.39 is 16.9 Å². The number of thiophene rings is 2. The minimum absolute atomic E-state index is 0.0350. The number of benzene rings is 1. The zero-order valence-corrected chi connectivity index (χ0v) is 18.6. The molecule has 0 saturated carbocycles. The molecule has 3 atom stereocenters. The molecular formula is C25H26O2S2. The summed E-state index contributed by atoms with van der Waals surface area (Å²) in [7, 11) is 0. The van der Waals surface area contributed by atoms with E-state index in [0.29, 0.717) is 4.88 Å². The van der Waals surface area contributed by atoms with Crippen LogP contribution in [0.1, 0.15) is 53.2 Å². The van der Waals surface area contributed by atoms with Crippen LogP contribution in [0, 0.1) is 11.3 Å².